The van der Waals surface area contributed by atoms with Crippen LogP contribution in [0.5, 0.6) is 0 Å². The first-order valence-corrected chi connectivity index (χ1v) is 8.83. The summed E-state index contributed by atoms with van der Waals surface area (Å²) >= 11 is 1.38. The molecule has 1 saturated heterocycles. The molecule has 1 fully saturated rings. The number of sulfone groups is 1. The summed E-state index contributed by atoms with van der Waals surface area (Å²) < 4.78 is 22.2. The third kappa shape index (κ3) is 4.57. The number of thioether (sulfide) groups is 1. The number of amides is 2. The van der Waals surface area contributed by atoms with E-state index in [1.807, 2.05) is 0 Å². The van der Waals surface area contributed by atoms with Crippen LogP contribution in [0.25, 0.3) is 0 Å². The van der Waals surface area contributed by atoms with Gasteiger partial charge >= 0.3 is 12.0 Å². The van der Waals surface area contributed by atoms with Crippen LogP contribution in [0.2, 0.25) is 0 Å². The topological polar surface area (TPSA) is 104 Å². The minimum absolute atomic E-state index is 0.175. The fourth-order valence-electron chi connectivity index (χ4n) is 1.92. The first kappa shape index (κ1) is 16.1. The molecule has 0 aromatic heterocycles. The quantitative estimate of drug-likeness (QED) is 0.756. The molecule has 110 valence electrons. The molecule has 0 bridgehead atoms. The van der Waals surface area contributed by atoms with Gasteiger partial charge in [0.2, 0.25) is 0 Å². The molecule has 1 rings (SSSR count). The van der Waals surface area contributed by atoms with Crippen molar-refractivity contribution in [1.29, 1.82) is 0 Å². The number of carbonyl (C=O) groups excluding carboxylic acids is 1. The Balaban J connectivity index is 2.68. The van der Waals surface area contributed by atoms with Gasteiger partial charge in [-0.3, -0.25) is 4.90 Å². The van der Waals surface area contributed by atoms with Crippen LogP contribution in [0.15, 0.2) is 0 Å². The number of aliphatic carboxylic acids is 1. The van der Waals surface area contributed by atoms with Gasteiger partial charge < -0.3 is 10.4 Å². The van der Waals surface area contributed by atoms with E-state index in [0.29, 0.717) is 5.75 Å². The van der Waals surface area contributed by atoms with Crippen molar-refractivity contribution in [3.63, 3.8) is 0 Å². The zero-order chi connectivity index (χ0) is 14.8. The summed E-state index contributed by atoms with van der Waals surface area (Å²) in [4.78, 5) is 24.3. The molecule has 0 spiro atoms. The summed E-state index contributed by atoms with van der Waals surface area (Å²) in [5, 5.41) is 11.3. The first-order valence-electron chi connectivity index (χ1n) is 5.73. The summed E-state index contributed by atoms with van der Waals surface area (Å²) in [6.45, 7) is 3.32. The molecule has 1 aliphatic rings. The van der Waals surface area contributed by atoms with Gasteiger partial charge in [-0.1, -0.05) is 0 Å². The van der Waals surface area contributed by atoms with Crippen molar-refractivity contribution in [2.75, 3.05) is 17.8 Å². The van der Waals surface area contributed by atoms with Gasteiger partial charge in [-0.05, 0) is 13.8 Å². The SMILES string of the molecule is CC(CS(C)(=O)=O)NC(=O)N1C(C)SCC1C(=O)O. The van der Waals surface area contributed by atoms with Crippen molar-refractivity contribution in [3.8, 4) is 0 Å². The largest absolute Gasteiger partial charge is 0.480 e. The molecular weight excluding hydrogens is 292 g/mol. The number of hydrogen-bond donors (Lipinski definition) is 2. The molecule has 3 unspecified atom stereocenters. The minimum atomic E-state index is -3.19. The van der Waals surface area contributed by atoms with Crippen LogP contribution < -0.4 is 5.32 Å². The van der Waals surface area contributed by atoms with Gasteiger partial charge in [0, 0.05) is 18.1 Å². The molecule has 0 saturated carbocycles. The highest BCUT2D eigenvalue weighted by molar-refractivity contribution is 8.00. The van der Waals surface area contributed by atoms with E-state index < -0.39 is 33.9 Å². The highest BCUT2D eigenvalue weighted by Gasteiger charge is 2.39. The van der Waals surface area contributed by atoms with E-state index in [1.54, 1.807) is 13.8 Å². The summed E-state index contributed by atoms with van der Waals surface area (Å²) in [6, 6.07) is -1.97. The van der Waals surface area contributed by atoms with Crippen molar-refractivity contribution >= 4 is 33.6 Å². The van der Waals surface area contributed by atoms with Gasteiger partial charge in [0.25, 0.3) is 0 Å². The zero-order valence-corrected chi connectivity index (χ0v) is 12.6. The predicted molar refractivity (Wildman–Crippen MR) is 72.9 cm³/mol. The molecule has 1 heterocycles. The first-order chi connectivity index (χ1) is 8.61. The fourth-order valence-corrected chi connectivity index (χ4v) is 4.08. The Kier molecular flexibility index (Phi) is 5.08. The number of rotatable bonds is 4. The number of nitrogens with zero attached hydrogens (tertiary/aromatic N) is 1. The second kappa shape index (κ2) is 6.00. The molecule has 19 heavy (non-hydrogen) atoms. The maximum atomic E-state index is 12.0. The number of carboxylic acids is 1. The number of nitrogens with one attached hydrogen (secondary N) is 1. The lowest BCUT2D eigenvalue weighted by Gasteiger charge is -2.27. The molecule has 0 aromatic carbocycles. The molecule has 2 N–H and O–H groups in total. The maximum Gasteiger partial charge on any atom is 0.327 e. The van der Waals surface area contributed by atoms with Crippen molar-refractivity contribution in [3.05, 3.63) is 0 Å². The molecular formula is C10H18N2O5S2. The molecule has 7 nitrogen and oxygen atoms in total. The Hall–Kier alpha value is -0.960. The summed E-state index contributed by atoms with van der Waals surface area (Å²) in [5.74, 6) is -0.890. The van der Waals surface area contributed by atoms with Gasteiger partial charge in [0.1, 0.15) is 15.9 Å². The van der Waals surface area contributed by atoms with E-state index in [0.717, 1.165) is 6.26 Å². The van der Waals surface area contributed by atoms with Gasteiger partial charge in [-0.15, -0.1) is 11.8 Å². The number of urea groups is 1. The van der Waals surface area contributed by atoms with Crippen LogP contribution in [-0.2, 0) is 14.6 Å². The Morgan fingerprint density at radius 2 is 2.11 bits per heavy atom. The highest BCUT2D eigenvalue weighted by atomic mass is 32.2. The van der Waals surface area contributed by atoms with E-state index in [1.165, 1.54) is 16.7 Å². The fraction of sp³-hybridized carbons (Fsp3) is 0.800. The summed E-state index contributed by atoms with van der Waals surface area (Å²) in [7, 11) is -3.19. The van der Waals surface area contributed by atoms with E-state index >= 15 is 0 Å². The average molecular weight is 310 g/mol. The van der Waals surface area contributed by atoms with E-state index in [2.05, 4.69) is 5.32 Å². The lowest BCUT2D eigenvalue weighted by molar-refractivity contribution is -0.141. The van der Waals surface area contributed by atoms with Gasteiger partial charge in [-0.2, -0.15) is 0 Å². The Labute approximate surface area is 116 Å². The molecule has 0 radical (unpaired) electrons. The standard InChI is InChI=1S/C10H18N2O5S2/c1-6(5-19(3,16)17)11-10(15)12-7(2)18-4-8(12)9(13)14/h6-8H,4-5H2,1-3H3,(H,11,15)(H,13,14). The smallest absolute Gasteiger partial charge is 0.327 e. The van der Waals surface area contributed by atoms with E-state index in [-0.39, 0.29) is 11.1 Å². The molecule has 3 atom stereocenters. The van der Waals surface area contributed by atoms with Gasteiger partial charge in [0.15, 0.2) is 0 Å². The molecule has 0 aliphatic carbocycles. The van der Waals surface area contributed by atoms with Crippen LogP contribution in [0.4, 0.5) is 4.79 Å². The van der Waals surface area contributed by atoms with Crippen LogP contribution in [-0.4, -0.2) is 65.6 Å². The summed E-state index contributed by atoms with van der Waals surface area (Å²) in [6.07, 6.45) is 1.09. The molecule has 1 aliphatic heterocycles. The van der Waals surface area contributed by atoms with Crippen LogP contribution in [0, 0.1) is 0 Å². The predicted octanol–water partition coefficient (Wildman–Crippen LogP) is -0.0229. The van der Waals surface area contributed by atoms with Crippen LogP contribution in [0.3, 0.4) is 0 Å². The Morgan fingerprint density at radius 3 is 2.58 bits per heavy atom. The van der Waals surface area contributed by atoms with Crippen molar-refractivity contribution in [2.45, 2.75) is 31.3 Å². The van der Waals surface area contributed by atoms with Crippen molar-refractivity contribution < 1.29 is 23.1 Å². The Bertz CT molecular complexity index is 465. The maximum absolute atomic E-state index is 12.0. The number of hydrogen-bond acceptors (Lipinski definition) is 5. The van der Waals surface area contributed by atoms with Crippen LogP contribution in [0.1, 0.15) is 13.8 Å². The number of carbonyl (C=O) groups is 2. The lowest BCUT2D eigenvalue weighted by Crippen LogP contribution is -2.52. The monoisotopic (exact) mass is 310 g/mol. The normalized spacial score (nSPS) is 25.1. The van der Waals surface area contributed by atoms with E-state index in [4.69, 9.17) is 5.11 Å². The third-order valence-electron chi connectivity index (χ3n) is 2.67. The molecule has 2 amide bonds. The lowest BCUT2D eigenvalue weighted by atomic mass is 10.3. The second-order valence-electron chi connectivity index (χ2n) is 4.64. The van der Waals surface area contributed by atoms with E-state index in [9.17, 15) is 18.0 Å². The van der Waals surface area contributed by atoms with Gasteiger partial charge in [-0.25, -0.2) is 18.0 Å². The van der Waals surface area contributed by atoms with Gasteiger partial charge in [0.05, 0.1) is 11.1 Å². The van der Waals surface area contributed by atoms with Crippen molar-refractivity contribution in [1.82, 2.24) is 10.2 Å². The minimum Gasteiger partial charge on any atom is -0.480 e. The average Bonchev–Trinajstić information content (AvgIpc) is 2.56. The Morgan fingerprint density at radius 1 is 1.53 bits per heavy atom. The highest BCUT2D eigenvalue weighted by Crippen LogP contribution is 2.28. The zero-order valence-electron chi connectivity index (χ0n) is 11.0. The summed E-state index contributed by atoms with van der Waals surface area (Å²) in [5.41, 5.74) is 0. The second-order valence-corrected chi connectivity index (χ2v) is 8.17. The molecule has 9 heteroatoms. The molecule has 0 aromatic rings. The van der Waals surface area contributed by atoms with Crippen LogP contribution >= 0.6 is 11.8 Å². The van der Waals surface area contributed by atoms with Crippen molar-refractivity contribution in [2.24, 2.45) is 0 Å². The number of carboxylic acid groups (broad SMARTS) is 1. The third-order valence-corrected chi connectivity index (χ3v) is 4.99.